The summed E-state index contributed by atoms with van der Waals surface area (Å²) in [6, 6.07) is 15.9. The topological polar surface area (TPSA) is 29.5 Å². The summed E-state index contributed by atoms with van der Waals surface area (Å²) in [4.78, 5) is 13.5. The number of anilines is 1. The molecule has 1 aliphatic heterocycles. The fraction of sp³-hybridized carbons (Fsp3) is 0.188. The van der Waals surface area contributed by atoms with E-state index in [-0.39, 0.29) is 6.54 Å². The van der Waals surface area contributed by atoms with Crippen LogP contribution in [0.4, 0.5) is 14.9 Å². The Kier molecular flexibility index (Phi) is 3.55. The van der Waals surface area contributed by atoms with Crippen molar-refractivity contribution in [3.05, 3.63) is 65.2 Å². The Hall–Kier alpha value is -2.07. The number of ether oxygens (including phenoxy) is 1. The lowest BCUT2D eigenvalue weighted by Crippen LogP contribution is -2.34. The number of alkyl halides is 1. The summed E-state index contributed by atoms with van der Waals surface area (Å²) in [6.07, 6.45) is -0.571. The molecule has 0 bridgehead atoms. The standard InChI is InChI=1S/C16H13ClFNO2/c17-14-9-5-4-8-13(14)16(10-18)11-19(15(20)21-16)12-6-2-1-3-7-12/h1-9H,10-11H2/t16-/m1/s1. The lowest BCUT2D eigenvalue weighted by atomic mass is 9.95. The zero-order valence-corrected chi connectivity index (χ0v) is 11.9. The lowest BCUT2D eigenvalue weighted by Gasteiger charge is -2.24. The molecule has 1 amide bonds. The third-order valence-corrected chi connectivity index (χ3v) is 3.89. The minimum Gasteiger partial charge on any atom is -0.433 e. The summed E-state index contributed by atoms with van der Waals surface area (Å²) in [6.45, 7) is -0.734. The van der Waals surface area contributed by atoms with Crippen molar-refractivity contribution in [1.82, 2.24) is 0 Å². The molecule has 5 heteroatoms. The Labute approximate surface area is 126 Å². The fourth-order valence-corrected chi connectivity index (χ4v) is 2.80. The molecule has 108 valence electrons. The van der Waals surface area contributed by atoms with Gasteiger partial charge < -0.3 is 4.74 Å². The van der Waals surface area contributed by atoms with Gasteiger partial charge in [-0.3, -0.25) is 4.90 Å². The van der Waals surface area contributed by atoms with Crippen LogP contribution < -0.4 is 4.90 Å². The first-order chi connectivity index (χ1) is 10.2. The molecular weight excluding hydrogens is 293 g/mol. The third-order valence-electron chi connectivity index (χ3n) is 3.57. The fourth-order valence-electron chi connectivity index (χ4n) is 2.49. The van der Waals surface area contributed by atoms with Crippen LogP contribution in [0.3, 0.4) is 0 Å². The van der Waals surface area contributed by atoms with E-state index in [0.717, 1.165) is 0 Å². The lowest BCUT2D eigenvalue weighted by molar-refractivity contribution is 0.0324. The molecule has 0 aromatic heterocycles. The van der Waals surface area contributed by atoms with E-state index in [0.29, 0.717) is 16.3 Å². The van der Waals surface area contributed by atoms with Gasteiger partial charge in [-0.15, -0.1) is 0 Å². The first kappa shape index (κ1) is 13.9. The summed E-state index contributed by atoms with van der Waals surface area (Å²) < 4.78 is 19.1. The van der Waals surface area contributed by atoms with E-state index in [1.54, 1.807) is 36.4 Å². The van der Waals surface area contributed by atoms with Gasteiger partial charge in [-0.1, -0.05) is 48.0 Å². The van der Waals surface area contributed by atoms with Crippen LogP contribution in [0, 0.1) is 0 Å². The van der Waals surface area contributed by atoms with Gasteiger partial charge in [-0.05, 0) is 18.2 Å². The number of hydrogen-bond acceptors (Lipinski definition) is 2. The van der Waals surface area contributed by atoms with E-state index in [1.165, 1.54) is 4.90 Å². The normalized spacial score (nSPS) is 21.4. The monoisotopic (exact) mass is 305 g/mol. The van der Waals surface area contributed by atoms with Crippen LogP contribution in [0.25, 0.3) is 0 Å². The van der Waals surface area contributed by atoms with Crippen LogP contribution in [-0.2, 0) is 10.3 Å². The SMILES string of the molecule is O=C1O[C@@](CF)(c2ccccc2Cl)CN1c1ccccc1. The summed E-state index contributed by atoms with van der Waals surface area (Å²) in [5, 5.41) is 0.387. The van der Waals surface area contributed by atoms with E-state index in [1.807, 2.05) is 18.2 Å². The molecular formula is C16H13ClFNO2. The van der Waals surface area contributed by atoms with E-state index in [4.69, 9.17) is 16.3 Å². The molecule has 1 fully saturated rings. The maximum Gasteiger partial charge on any atom is 0.415 e. The summed E-state index contributed by atoms with van der Waals surface area (Å²) in [5.41, 5.74) is -0.198. The average Bonchev–Trinajstić information content (AvgIpc) is 2.87. The number of cyclic esters (lactones) is 1. The average molecular weight is 306 g/mol. The van der Waals surface area contributed by atoms with E-state index < -0.39 is 18.4 Å². The molecule has 2 aromatic carbocycles. The van der Waals surface area contributed by atoms with Crippen LogP contribution >= 0.6 is 11.6 Å². The van der Waals surface area contributed by atoms with Crippen LogP contribution in [0.1, 0.15) is 5.56 Å². The minimum atomic E-state index is -1.36. The summed E-state index contributed by atoms with van der Waals surface area (Å²) in [7, 11) is 0. The molecule has 0 unspecified atom stereocenters. The molecule has 21 heavy (non-hydrogen) atoms. The van der Waals surface area contributed by atoms with Crippen LogP contribution in [0.5, 0.6) is 0 Å². The third kappa shape index (κ3) is 2.36. The van der Waals surface area contributed by atoms with Crippen molar-refractivity contribution in [3.8, 4) is 0 Å². The minimum absolute atomic E-state index is 0.0933. The molecule has 3 rings (SSSR count). The maximum absolute atomic E-state index is 13.7. The molecule has 3 nitrogen and oxygen atoms in total. The Morgan fingerprint density at radius 1 is 1.14 bits per heavy atom. The number of benzene rings is 2. The van der Waals surface area contributed by atoms with Crippen molar-refractivity contribution in [2.45, 2.75) is 5.60 Å². The number of hydrogen-bond donors (Lipinski definition) is 0. The molecule has 0 saturated carbocycles. The smallest absolute Gasteiger partial charge is 0.415 e. The molecule has 1 aliphatic rings. The van der Waals surface area contributed by atoms with E-state index in [2.05, 4.69) is 0 Å². The second-order valence-electron chi connectivity index (χ2n) is 4.90. The predicted octanol–water partition coefficient (Wildman–Crippen LogP) is 4.16. The Morgan fingerprint density at radius 3 is 2.48 bits per heavy atom. The van der Waals surface area contributed by atoms with Gasteiger partial charge >= 0.3 is 6.09 Å². The van der Waals surface area contributed by atoms with Crippen molar-refractivity contribution in [1.29, 1.82) is 0 Å². The molecule has 0 N–H and O–H groups in total. The number of para-hydroxylation sites is 1. The van der Waals surface area contributed by atoms with Gasteiger partial charge in [0.25, 0.3) is 0 Å². The van der Waals surface area contributed by atoms with E-state index in [9.17, 15) is 9.18 Å². The summed E-state index contributed by atoms with van der Waals surface area (Å²) >= 11 is 6.14. The Bertz CT molecular complexity index is 664. The van der Waals surface area contributed by atoms with Gasteiger partial charge in [-0.25, -0.2) is 9.18 Å². The number of rotatable bonds is 3. The second kappa shape index (κ2) is 5.37. The molecule has 0 aliphatic carbocycles. The summed E-state index contributed by atoms with van der Waals surface area (Å²) in [5.74, 6) is 0. The Morgan fingerprint density at radius 2 is 1.81 bits per heavy atom. The molecule has 2 aromatic rings. The highest BCUT2D eigenvalue weighted by Gasteiger charge is 2.48. The number of nitrogens with zero attached hydrogens (tertiary/aromatic N) is 1. The van der Waals surface area contributed by atoms with Gasteiger partial charge in [0.2, 0.25) is 0 Å². The number of amides is 1. The van der Waals surface area contributed by atoms with Crippen LogP contribution in [0.2, 0.25) is 5.02 Å². The van der Waals surface area contributed by atoms with Crippen molar-refractivity contribution in [2.24, 2.45) is 0 Å². The second-order valence-corrected chi connectivity index (χ2v) is 5.30. The first-order valence-corrected chi connectivity index (χ1v) is 6.91. The first-order valence-electron chi connectivity index (χ1n) is 6.53. The maximum atomic E-state index is 13.7. The van der Waals surface area contributed by atoms with Gasteiger partial charge in [0.05, 0.1) is 6.54 Å². The highest BCUT2D eigenvalue weighted by atomic mass is 35.5. The van der Waals surface area contributed by atoms with E-state index >= 15 is 0 Å². The molecule has 1 heterocycles. The Balaban J connectivity index is 2.00. The highest BCUT2D eigenvalue weighted by molar-refractivity contribution is 6.31. The highest BCUT2D eigenvalue weighted by Crippen LogP contribution is 2.39. The van der Waals surface area contributed by atoms with Crippen molar-refractivity contribution in [3.63, 3.8) is 0 Å². The van der Waals surface area contributed by atoms with Gasteiger partial charge in [0, 0.05) is 16.3 Å². The predicted molar refractivity (Wildman–Crippen MR) is 79.4 cm³/mol. The molecule has 1 saturated heterocycles. The number of halogens is 2. The zero-order chi connectivity index (χ0) is 14.9. The van der Waals surface area contributed by atoms with Crippen molar-refractivity contribution < 1.29 is 13.9 Å². The van der Waals surface area contributed by atoms with Crippen LogP contribution in [-0.4, -0.2) is 19.3 Å². The number of carbonyl (C=O) groups excluding carboxylic acids is 1. The number of carbonyl (C=O) groups is 1. The molecule has 0 radical (unpaired) electrons. The molecule has 0 spiro atoms. The van der Waals surface area contributed by atoms with Gasteiger partial charge in [-0.2, -0.15) is 0 Å². The van der Waals surface area contributed by atoms with Gasteiger partial charge in [0.15, 0.2) is 5.60 Å². The molecule has 1 atom stereocenters. The largest absolute Gasteiger partial charge is 0.433 e. The zero-order valence-electron chi connectivity index (χ0n) is 11.1. The van der Waals surface area contributed by atoms with Crippen molar-refractivity contribution >= 4 is 23.4 Å². The quantitative estimate of drug-likeness (QED) is 0.852. The van der Waals surface area contributed by atoms with Crippen molar-refractivity contribution in [2.75, 3.05) is 18.1 Å². The van der Waals surface area contributed by atoms with Gasteiger partial charge in [0.1, 0.15) is 6.67 Å². The van der Waals surface area contributed by atoms with Crippen LogP contribution in [0.15, 0.2) is 54.6 Å².